The summed E-state index contributed by atoms with van der Waals surface area (Å²) in [7, 11) is 1.84. The maximum absolute atomic E-state index is 12.5. The average Bonchev–Trinajstić information content (AvgIpc) is 2.94. The lowest BCUT2D eigenvalue weighted by molar-refractivity contribution is -0.116. The van der Waals surface area contributed by atoms with Crippen molar-refractivity contribution >= 4 is 17.8 Å². The minimum absolute atomic E-state index is 0.0331. The topological polar surface area (TPSA) is 76.5 Å². The minimum atomic E-state index is -0.525. The van der Waals surface area contributed by atoms with Crippen molar-refractivity contribution < 1.29 is 14.3 Å². The smallest absolute Gasteiger partial charge is 0.410 e. The quantitative estimate of drug-likeness (QED) is 0.843. The number of anilines is 1. The van der Waals surface area contributed by atoms with Crippen molar-refractivity contribution in [2.45, 2.75) is 84.3 Å². The molecule has 1 N–H and O–H groups in total. The fourth-order valence-corrected chi connectivity index (χ4v) is 4.15. The summed E-state index contributed by atoms with van der Waals surface area (Å²) in [6.45, 7) is 6.58. The zero-order valence-electron chi connectivity index (χ0n) is 17.7. The van der Waals surface area contributed by atoms with Gasteiger partial charge < -0.3 is 15.0 Å². The summed E-state index contributed by atoms with van der Waals surface area (Å²) >= 11 is 0. The monoisotopic (exact) mass is 390 g/mol. The number of rotatable bonds is 4. The number of hydrogen-bond donors (Lipinski definition) is 1. The van der Waals surface area contributed by atoms with Crippen LogP contribution < -0.4 is 5.32 Å². The molecule has 0 spiro atoms. The molecule has 156 valence electrons. The van der Waals surface area contributed by atoms with Crippen LogP contribution in [0, 0.1) is 5.92 Å². The van der Waals surface area contributed by atoms with Crippen molar-refractivity contribution in [1.29, 1.82) is 0 Å². The Hall–Kier alpha value is -2.05. The summed E-state index contributed by atoms with van der Waals surface area (Å²) in [5, 5.41) is 7.59. The average molecular weight is 391 g/mol. The maximum Gasteiger partial charge on any atom is 0.410 e. The molecule has 1 fully saturated rings. The Balaban J connectivity index is 1.61. The first-order valence-corrected chi connectivity index (χ1v) is 10.6. The number of fused-ring (bicyclic) bond motifs is 1. The Morgan fingerprint density at radius 2 is 1.93 bits per heavy atom. The van der Waals surface area contributed by atoms with Gasteiger partial charge in [0.2, 0.25) is 5.91 Å². The molecular weight excluding hydrogens is 356 g/mol. The molecule has 1 aliphatic heterocycles. The van der Waals surface area contributed by atoms with Gasteiger partial charge in [-0.05, 0) is 33.1 Å². The van der Waals surface area contributed by atoms with Gasteiger partial charge in [-0.25, -0.2) is 4.79 Å². The Kier molecular flexibility index (Phi) is 6.30. The highest BCUT2D eigenvalue weighted by molar-refractivity contribution is 5.90. The second kappa shape index (κ2) is 8.53. The van der Waals surface area contributed by atoms with E-state index in [1.54, 1.807) is 9.58 Å². The zero-order chi connectivity index (χ0) is 20.3. The van der Waals surface area contributed by atoms with Crippen molar-refractivity contribution in [2.75, 3.05) is 11.9 Å². The number of aromatic nitrogens is 2. The van der Waals surface area contributed by atoms with E-state index in [1.807, 2.05) is 27.8 Å². The van der Waals surface area contributed by atoms with Crippen molar-refractivity contribution in [3.63, 3.8) is 0 Å². The van der Waals surface area contributed by atoms with Crippen LogP contribution in [0.5, 0.6) is 0 Å². The molecule has 2 aliphatic rings. The number of nitrogens with one attached hydrogen (secondary N) is 1. The van der Waals surface area contributed by atoms with E-state index in [9.17, 15) is 9.59 Å². The molecule has 2 amide bonds. The van der Waals surface area contributed by atoms with Gasteiger partial charge in [0.1, 0.15) is 11.4 Å². The van der Waals surface area contributed by atoms with Crippen LogP contribution in [0.1, 0.15) is 77.0 Å². The molecule has 0 atom stereocenters. The third kappa shape index (κ3) is 5.26. The molecule has 3 rings (SSSR count). The summed E-state index contributed by atoms with van der Waals surface area (Å²) in [6, 6.07) is 0. The molecule has 1 saturated carbocycles. The molecule has 7 heteroatoms. The number of carbonyl (C=O) groups excluding carboxylic acids is 2. The second-order valence-electron chi connectivity index (χ2n) is 9.14. The van der Waals surface area contributed by atoms with Crippen LogP contribution >= 0.6 is 0 Å². The summed E-state index contributed by atoms with van der Waals surface area (Å²) in [5.74, 6) is 1.42. The number of aryl methyl sites for hydroxylation is 1. The summed E-state index contributed by atoms with van der Waals surface area (Å²) in [4.78, 5) is 26.7. The van der Waals surface area contributed by atoms with Gasteiger partial charge >= 0.3 is 6.09 Å². The van der Waals surface area contributed by atoms with Gasteiger partial charge in [0, 0.05) is 32.0 Å². The molecule has 0 bridgehead atoms. The Bertz CT molecular complexity index is 714. The van der Waals surface area contributed by atoms with E-state index in [0.717, 1.165) is 17.7 Å². The molecule has 0 saturated heterocycles. The van der Waals surface area contributed by atoms with Crippen LogP contribution in [0.25, 0.3) is 0 Å². The zero-order valence-corrected chi connectivity index (χ0v) is 17.7. The molecule has 0 radical (unpaired) electrons. The van der Waals surface area contributed by atoms with Gasteiger partial charge in [0.25, 0.3) is 0 Å². The lowest BCUT2D eigenvalue weighted by atomic mass is 9.86. The van der Waals surface area contributed by atoms with Crippen LogP contribution in [-0.4, -0.2) is 38.8 Å². The Labute approximate surface area is 167 Å². The number of amides is 2. The van der Waals surface area contributed by atoms with Crippen LogP contribution in [0.3, 0.4) is 0 Å². The second-order valence-corrected chi connectivity index (χ2v) is 9.14. The van der Waals surface area contributed by atoms with E-state index >= 15 is 0 Å². The first kappa shape index (κ1) is 20.7. The minimum Gasteiger partial charge on any atom is -0.444 e. The third-order valence-electron chi connectivity index (χ3n) is 5.61. The molecule has 1 aromatic heterocycles. The van der Waals surface area contributed by atoms with Gasteiger partial charge in [0.15, 0.2) is 0 Å². The first-order valence-electron chi connectivity index (χ1n) is 10.6. The number of carbonyl (C=O) groups is 2. The molecule has 1 aromatic rings. The molecule has 0 unspecified atom stereocenters. The SMILES string of the molecule is Cn1nc2c(c1NC(=O)CCC1CCCCC1)CN(C(=O)OC(C)(C)C)CC2. The van der Waals surface area contributed by atoms with Gasteiger partial charge in [-0.1, -0.05) is 32.1 Å². The summed E-state index contributed by atoms with van der Waals surface area (Å²) in [5.41, 5.74) is 1.35. The molecule has 7 nitrogen and oxygen atoms in total. The van der Waals surface area contributed by atoms with Crippen molar-refractivity contribution in [1.82, 2.24) is 14.7 Å². The summed E-state index contributed by atoms with van der Waals surface area (Å²) < 4.78 is 7.22. The van der Waals surface area contributed by atoms with Crippen LogP contribution in [0.2, 0.25) is 0 Å². The van der Waals surface area contributed by atoms with E-state index in [0.29, 0.717) is 37.7 Å². The van der Waals surface area contributed by atoms with Gasteiger partial charge in [-0.3, -0.25) is 9.48 Å². The number of hydrogen-bond acceptors (Lipinski definition) is 4. The van der Waals surface area contributed by atoms with Crippen LogP contribution in [0.15, 0.2) is 0 Å². The predicted molar refractivity (Wildman–Crippen MR) is 108 cm³/mol. The summed E-state index contributed by atoms with van der Waals surface area (Å²) in [6.07, 6.45) is 8.26. The van der Waals surface area contributed by atoms with Gasteiger partial charge in [-0.15, -0.1) is 0 Å². The van der Waals surface area contributed by atoms with E-state index in [1.165, 1.54) is 32.1 Å². The van der Waals surface area contributed by atoms with Crippen molar-refractivity contribution in [2.24, 2.45) is 13.0 Å². The van der Waals surface area contributed by atoms with Crippen LogP contribution in [-0.2, 0) is 29.5 Å². The normalized spacial score (nSPS) is 17.9. The van der Waals surface area contributed by atoms with E-state index in [-0.39, 0.29) is 12.0 Å². The molecule has 1 aliphatic carbocycles. The highest BCUT2D eigenvalue weighted by Gasteiger charge is 2.30. The van der Waals surface area contributed by atoms with Gasteiger partial charge in [0.05, 0.1) is 12.2 Å². The highest BCUT2D eigenvalue weighted by Crippen LogP contribution is 2.29. The number of ether oxygens (including phenoxy) is 1. The van der Waals surface area contributed by atoms with E-state index in [2.05, 4.69) is 10.4 Å². The Morgan fingerprint density at radius 1 is 1.21 bits per heavy atom. The highest BCUT2D eigenvalue weighted by atomic mass is 16.6. The van der Waals surface area contributed by atoms with Crippen molar-refractivity contribution in [3.05, 3.63) is 11.3 Å². The van der Waals surface area contributed by atoms with E-state index in [4.69, 9.17) is 4.74 Å². The molecule has 28 heavy (non-hydrogen) atoms. The maximum atomic E-state index is 12.5. The standard InChI is InChI=1S/C21H34N4O3/c1-21(2,3)28-20(27)25-13-12-17-16(14-25)19(24(4)23-17)22-18(26)11-10-15-8-6-5-7-9-15/h15H,5-14H2,1-4H3,(H,22,26). The van der Waals surface area contributed by atoms with E-state index < -0.39 is 5.60 Å². The van der Waals surface area contributed by atoms with Gasteiger partial charge in [-0.2, -0.15) is 5.10 Å². The Morgan fingerprint density at radius 3 is 2.61 bits per heavy atom. The molecular formula is C21H34N4O3. The van der Waals surface area contributed by atoms with Crippen LogP contribution in [0.4, 0.5) is 10.6 Å². The predicted octanol–water partition coefficient (Wildman–Crippen LogP) is 4.01. The largest absolute Gasteiger partial charge is 0.444 e. The third-order valence-corrected chi connectivity index (χ3v) is 5.61. The first-order chi connectivity index (χ1) is 13.2. The fraction of sp³-hybridized carbons (Fsp3) is 0.762. The molecule has 0 aromatic carbocycles. The number of nitrogens with zero attached hydrogens (tertiary/aromatic N) is 3. The lowest BCUT2D eigenvalue weighted by Gasteiger charge is -2.30. The molecule has 2 heterocycles. The lowest BCUT2D eigenvalue weighted by Crippen LogP contribution is -2.40. The fourth-order valence-electron chi connectivity index (χ4n) is 4.15. The van der Waals surface area contributed by atoms with Crippen molar-refractivity contribution in [3.8, 4) is 0 Å².